The molecule has 0 fully saturated rings. The van der Waals surface area contributed by atoms with Crippen molar-refractivity contribution in [1.82, 2.24) is 0 Å². The quantitative estimate of drug-likeness (QED) is 0.474. The monoisotopic (exact) mass is 466 g/mol. The molecule has 0 atom stereocenters. The summed E-state index contributed by atoms with van der Waals surface area (Å²) in [5.41, 5.74) is 1.28. The maximum Gasteiger partial charge on any atom is 0.283 e. The Bertz CT molecular complexity index is 1190. The van der Waals surface area contributed by atoms with E-state index in [4.69, 9.17) is 21.1 Å². The van der Waals surface area contributed by atoms with Gasteiger partial charge in [-0.15, -0.1) is 0 Å². The van der Waals surface area contributed by atoms with Gasteiger partial charge in [-0.05, 0) is 60.7 Å². The minimum atomic E-state index is -0.445. The molecule has 4 rings (SSSR count). The summed E-state index contributed by atoms with van der Waals surface area (Å²) in [6, 6.07) is 21.0. The predicted octanol–water partition coefficient (Wildman–Crippen LogP) is 5.35. The maximum atomic E-state index is 13.4. The standard InChI is InChI=1S/C24H19ClN2O4S/c1-30-18-10-8-17(9-11-18)27-23(28)21(26-16-4-3-5-19(14-16)31-2)22(24(27)29)32-20-12-6-15(25)7-13-20/h3-14,26H,1-2H3. The van der Waals surface area contributed by atoms with E-state index in [9.17, 15) is 9.59 Å². The molecule has 8 heteroatoms. The summed E-state index contributed by atoms with van der Waals surface area (Å²) in [7, 11) is 3.12. The second kappa shape index (κ2) is 9.38. The fourth-order valence-corrected chi connectivity index (χ4v) is 4.20. The van der Waals surface area contributed by atoms with E-state index >= 15 is 0 Å². The largest absolute Gasteiger partial charge is 0.497 e. The Labute approximate surface area is 194 Å². The molecule has 3 aromatic rings. The number of carbonyl (C=O) groups excluding carboxylic acids is 2. The summed E-state index contributed by atoms with van der Waals surface area (Å²) in [5, 5.41) is 3.71. The molecular weight excluding hydrogens is 448 g/mol. The minimum Gasteiger partial charge on any atom is -0.497 e. The summed E-state index contributed by atoms with van der Waals surface area (Å²) < 4.78 is 10.4. The number of halogens is 1. The normalized spacial score (nSPS) is 13.5. The first-order valence-corrected chi connectivity index (χ1v) is 10.8. The number of carbonyl (C=O) groups is 2. The molecule has 1 aliphatic heterocycles. The lowest BCUT2D eigenvalue weighted by molar-refractivity contribution is -0.120. The van der Waals surface area contributed by atoms with Crippen LogP contribution < -0.4 is 19.7 Å². The van der Waals surface area contributed by atoms with Gasteiger partial charge < -0.3 is 14.8 Å². The maximum absolute atomic E-state index is 13.4. The molecule has 162 valence electrons. The number of ether oxygens (including phenoxy) is 2. The zero-order valence-electron chi connectivity index (χ0n) is 17.3. The molecular formula is C24H19ClN2O4S. The Morgan fingerprint density at radius 1 is 0.844 bits per heavy atom. The van der Waals surface area contributed by atoms with Gasteiger partial charge in [0.15, 0.2) is 0 Å². The van der Waals surface area contributed by atoms with Gasteiger partial charge in [0.05, 0.1) is 19.9 Å². The Morgan fingerprint density at radius 2 is 1.53 bits per heavy atom. The first-order chi connectivity index (χ1) is 15.5. The second-order valence-electron chi connectivity index (χ2n) is 6.76. The van der Waals surface area contributed by atoms with Crippen LogP contribution in [0.25, 0.3) is 0 Å². The Balaban J connectivity index is 1.72. The number of anilines is 2. The van der Waals surface area contributed by atoms with Crippen LogP contribution in [0.1, 0.15) is 0 Å². The molecule has 1 aliphatic rings. The fraction of sp³-hybridized carbons (Fsp3) is 0.0833. The summed E-state index contributed by atoms with van der Waals surface area (Å²) >= 11 is 7.19. The van der Waals surface area contributed by atoms with Gasteiger partial charge >= 0.3 is 0 Å². The summed E-state index contributed by atoms with van der Waals surface area (Å²) in [6.45, 7) is 0. The van der Waals surface area contributed by atoms with Crippen LogP contribution in [0.4, 0.5) is 11.4 Å². The molecule has 0 bridgehead atoms. The molecule has 0 spiro atoms. The number of rotatable bonds is 7. The smallest absolute Gasteiger partial charge is 0.283 e. The highest BCUT2D eigenvalue weighted by atomic mass is 35.5. The van der Waals surface area contributed by atoms with Crippen molar-refractivity contribution in [1.29, 1.82) is 0 Å². The molecule has 2 amide bonds. The Hall–Kier alpha value is -3.42. The molecule has 32 heavy (non-hydrogen) atoms. The van der Waals surface area contributed by atoms with Gasteiger partial charge in [0.2, 0.25) is 0 Å². The number of nitrogens with zero attached hydrogens (tertiary/aromatic N) is 1. The van der Waals surface area contributed by atoms with Gasteiger partial charge in [-0.25, -0.2) is 4.90 Å². The van der Waals surface area contributed by atoms with Gasteiger partial charge in [-0.2, -0.15) is 0 Å². The third-order valence-corrected chi connectivity index (χ3v) is 6.09. The highest BCUT2D eigenvalue weighted by molar-refractivity contribution is 8.04. The highest BCUT2D eigenvalue weighted by Crippen LogP contribution is 2.38. The van der Waals surface area contributed by atoms with Crippen LogP contribution in [0.3, 0.4) is 0 Å². The Kier molecular flexibility index (Phi) is 6.39. The van der Waals surface area contributed by atoms with E-state index in [-0.39, 0.29) is 10.6 Å². The number of thioether (sulfide) groups is 1. The van der Waals surface area contributed by atoms with E-state index in [1.54, 1.807) is 87.0 Å². The van der Waals surface area contributed by atoms with Crippen molar-refractivity contribution in [3.05, 3.63) is 88.4 Å². The number of hydrogen-bond acceptors (Lipinski definition) is 6. The van der Waals surface area contributed by atoms with E-state index in [1.807, 2.05) is 0 Å². The minimum absolute atomic E-state index is 0.194. The zero-order valence-corrected chi connectivity index (χ0v) is 18.9. The van der Waals surface area contributed by atoms with E-state index in [0.29, 0.717) is 27.9 Å². The predicted molar refractivity (Wildman–Crippen MR) is 126 cm³/mol. The van der Waals surface area contributed by atoms with Crippen LogP contribution >= 0.6 is 23.4 Å². The van der Waals surface area contributed by atoms with Crippen molar-refractivity contribution in [2.75, 3.05) is 24.4 Å². The fourth-order valence-electron chi connectivity index (χ4n) is 3.15. The lowest BCUT2D eigenvalue weighted by Gasteiger charge is -2.15. The third-order valence-electron chi connectivity index (χ3n) is 4.74. The van der Waals surface area contributed by atoms with Crippen molar-refractivity contribution in [3.63, 3.8) is 0 Å². The number of benzene rings is 3. The molecule has 0 radical (unpaired) electrons. The lowest BCUT2D eigenvalue weighted by Crippen LogP contribution is -2.32. The van der Waals surface area contributed by atoms with Crippen LogP contribution in [0.15, 0.2) is 88.3 Å². The molecule has 1 N–H and O–H groups in total. The summed E-state index contributed by atoms with van der Waals surface area (Å²) in [4.78, 5) is 29.0. The molecule has 0 saturated heterocycles. The van der Waals surface area contributed by atoms with E-state index in [0.717, 1.165) is 9.80 Å². The average molecular weight is 467 g/mol. The number of methoxy groups -OCH3 is 2. The molecule has 0 aromatic heterocycles. The third kappa shape index (κ3) is 4.44. The van der Waals surface area contributed by atoms with E-state index < -0.39 is 11.8 Å². The van der Waals surface area contributed by atoms with Crippen molar-refractivity contribution < 1.29 is 19.1 Å². The van der Waals surface area contributed by atoms with Crippen LogP contribution in [-0.4, -0.2) is 26.0 Å². The van der Waals surface area contributed by atoms with Gasteiger partial charge in [0.1, 0.15) is 22.1 Å². The number of imide groups is 1. The molecule has 6 nitrogen and oxygen atoms in total. The van der Waals surface area contributed by atoms with Gasteiger partial charge in [-0.3, -0.25) is 9.59 Å². The summed E-state index contributed by atoms with van der Waals surface area (Å²) in [6.07, 6.45) is 0. The van der Waals surface area contributed by atoms with Crippen molar-refractivity contribution >= 4 is 46.6 Å². The summed E-state index contributed by atoms with van der Waals surface area (Å²) in [5.74, 6) is 0.405. The molecule has 0 aliphatic carbocycles. The number of hydrogen-bond donors (Lipinski definition) is 1. The topological polar surface area (TPSA) is 67.9 Å². The molecule has 0 unspecified atom stereocenters. The first kappa shape index (κ1) is 21.8. The van der Waals surface area contributed by atoms with E-state index in [2.05, 4.69) is 5.32 Å². The number of amides is 2. The van der Waals surface area contributed by atoms with Crippen molar-refractivity contribution in [2.24, 2.45) is 0 Å². The lowest BCUT2D eigenvalue weighted by atomic mass is 10.2. The van der Waals surface area contributed by atoms with E-state index in [1.165, 1.54) is 11.8 Å². The van der Waals surface area contributed by atoms with Gasteiger partial charge in [0, 0.05) is 21.7 Å². The van der Waals surface area contributed by atoms with Crippen LogP contribution in [-0.2, 0) is 9.59 Å². The molecule has 0 saturated carbocycles. The van der Waals surface area contributed by atoms with Crippen molar-refractivity contribution in [3.8, 4) is 11.5 Å². The van der Waals surface area contributed by atoms with Crippen LogP contribution in [0.5, 0.6) is 11.5 Å². The molecule has 1 heterocycles. The first-order valence-electron chi connectivity index (χ1n) is 9.62. The van der Waals surface area contributed by atoms with Gasteiger partial charge in [0.25, 0.3) is 11.8 Å². The SMILES string of the molecule is COc1ccc(N2C(=O)C(Nc3cccc(OC)c3)=C(Sc3ccc(Cl)cc3)C2=O)cc1. The van der Waals surface area contributed by atoms with Crippen LogP contribution in [0, 0.1) is 0 Å². The Morgan fingerprint density at radius 3 is 2.19 bits per heavy atom. The average Bonchev–Trinajstić information content (AvgIpc) is 3.04. The zero-order chi connectivity index (χ0) is 22.7. The van der Waals surface area contributed by atoms with Crippen molar-refractivity contribution in [2.45, 2.75) is 4.90 Å². The highest BCUT2D eigenvalue weighted by Gasteiger charge is 2.40. The molecule has 3 aromatic carbocycles. The number of nitrogens with one attached hydrogen (secondary N) is 1. The van der Waals surface area contributed by atoms with Crippen LogP contribution in [0.2, 0.25) is 5.02 Å². The second-order valence-corrected chi connectivity index (χ2v) is 8.28. The van der Waals surface area contributed by atoms with Gasteiger partial charge in [-0.1, -0.05) is 29.4 Å².